The van der Waals surface area contributed by atoms with Crippen molar-refractivity contribution in [3.63, 3.8) is 0 Å². The van der Waals surface area contributed by atoms with Crippen LogP contribution in [0.2, 0.25) is 5.02 Å². The molecule has 0 radical (unpaired) electrons. The fourth-order valence-corrected chi connectivity index (χ4v) is 3.95. The van der Waals surface area contributed by atoms with E-state index >= 15 is 0 Å². The van der Waals surface area contributed by atoms with Crippen molar-refractivity contribution >= 4 is 17.5 Å². The maximum Gasteiger partial charge on any atom is 0.346 e. The minimum atomic E-state index is 0.292. The molecule has 0 fully saturated rings. The van der Waals surface area contributed by atoms with Gasteiger partial charge in [0.25, 0.3) is 0 Å². The van der Waals surface area contributed by atoms with Gasteiger partial charge in [-0.05, 0) is 30.2 Å². The Bertz CT molecular complexity index is 725. The standard InChI is InChI=1S/C21H25ClNO/c1-3-4-13-23(14-16(2)17-9-11-19(22)12-10-17)15-18-7-5-6-8-20(18)21(23)24/h5-12,16H,3-4,13-15H2,1-2H3/q+1. The molecule has 1 heterocycles. The lowest BCUT2D eigenvalue weighted by atomic mass is 9.99. The molecule has 0 aromatic heterocycles. The van der Waals surface area contributed by atoms with Gasteiger partial charge in [0.1, 0.15) is 6.54 Å². The smallest absolute Gasteiger partial charge is 0.252 e. The van der Waals surface area contributed by atoms with Crippen LogP contribution in [0, 0.1) is 0 Å². The zero-order chi connectivity index (χ0) is 17.2. The van der Waals surface area contributed by atoms with Crippen LogP contribution < -0.4 is 0 Å². The summed E-state index contributed by atoms with van der Waals surface area (Å²) in [5.41, 5.74) is 3.36. The fourth-order valence-electron chi connectivity index (χ4n) is 3.82. The number of benzene rings is 2. The van der Waals surface area contributed by atoms with Crippen LogP contribution in [0.3, 0.4) is 0 Å². The van der Waals surface area contributed by atoms with Crippen LogP contribution in [-0.2, 0) is 6.54 Å². The van der Waals surface area contributed by atoms with Gasteiger partial charge in [-0.25, -0.2) is 4.79 Å². The number of carbonyl (C=O) groups is 1. The van der Waals surface area contributed by atoms with E-state index in [9.17, 15) is 4.79 Å². The summed E-state index contributed by atoms with van der Waals surface area (Å²) in [4.78, 5) is 13.2. The average molecular weight is 343 g/mol. The highest BCUT2D eigenvalue weighted by Crippen LogP contribution is 2.34. The third-order valence-electron chi connectivity index (χ3n) is 5.15. The lowest BCUT2D eigenvalue weighted by Crippen LogP contribution is -2.50. The maximum absolute atomic E-state index is 13.2. The Morgan fingerprint density at radius 3 is 2.50 bits per heavy atom. The van der Waals surface area contributed by atoms with Crippen molar-refractivity contribution in [2.24, 2.45) is 0 Å². The zero-order valence-corrected chi connectivity index (χ0v) is 15.2. The van der Waals surface area contributed by atoms with Gasteiger partial charge in [0, 0.05) is 16.5 Å². The first kappa shape index (κ1) is 17.2. The molecule has 0 spiro atoms. The summed E-state index contributed by atoms with van der Waals surface area (Å²) < 4.78 is 0.553. The van der Waals surface area contributed by atoms with E-state index in [-0.39, 0.29) is 0 Å². The molecule has 1 aliphatic heterocycles. The summed E-state index contributed by atoms with van der Waals surface area (Å²) >= 11 is 6.01. The Balaban J connectivity index is 1.88. The first-order valence-electron chi connectivity index (χ1n) is 8.80. The molecule has 3 rings (SSSR count). The normalized spacial score (nSPS) is 20.9. The summed E-state index contributed by atoms with van der Waals surface area (Å²) in [5, 5.41) is 0.755. The van der Waals surface area contributed by atoms with Gasteiger partial charge in [0.15, 0.2) is 0 Å². The number of hydrogen-bond acceptors (Lipinski definition) is 1. The van der Waals surface area contributed by atoms with Crippen molar-refractivity contribution in [2.75, 3.05) is 13.1 Å². The Hall–Kier alpha value is -1.64. The number of hydrogen-bond donors (Lipinski definition) is 0. The van der Waals surface area contributed by atoms with Crippen molar-refractivity contribution in [1.29, 1.82) is 0 Å². The Morgan fingerprint density at radius 2 is 1.83 bits per heavy atom. The van der Waals surface area contributed by atoms with E-state index in [1.165, 1.54) is 11.1 Å². The number of nitrogens with zero attached hydrogens (tertiary/aromatic N) is 1. The van der Waals surface area contributed by atoms with Gasteiger partial charge in [-0.3, -0.25) is 4.48 Å². The summed E-state index contributed by atoms with van der Waals surface area (Å²) in [6.07, 6.45) is 2.19. The number of carbonyl (C=O) groups excluding carboxylic acids is 1. The summed E-state index contributed by atoms with van der Waals surface area (Å²) in [6.45, 7) is 6.99. The molecular weight excluding hydrogens is 318 g/mol. The highest BCUT2D eigenvalue weighted by molar-refractivity contribution is 6.30. The van der Waals surface area contributed by atoms with Gasteiger partial charge in [-0.2, -0.15) is 0 Å². The summed E-state index contributed by atoms with van der Waals surface area (Å²) in [6, 6.07) is 16.1. The van der Waals surface area contributed by atoms with Crippen molar-refractivity contribution in [1.82, 2.24) is 0 Å². The molecule has 126 valence electrons. The monoisotopic (exact) mass is 342 g/mol. The Labute approximate surface area is 149 Å². The zero-order valence-electron chi connectivity index (χ0n) is 14.5. The molecule has 0 N–H and O–H groups in total. The number of halogens is 1. The van der Waals surface area contributed by atoms with Gasteiger partial charge < -0.3 is 0 Å². The van der Waals surface area contributed by atoms with E-state index in [0.29, 0.717) is 16.3 Å². The number of amides is 1. The van der Waals surface area contributed by atoms with Gasteiger partial charge in [-0.15, -0.1) is 0 Å². The number of quaternary nitrogens is 1. The fraction of sp³-hybridized carbons (Fsp3) is 0.381. The first-order valence-corrected chi connectivity index (χ1v) is 9.18. The van der Waals surface area contributed by atoms with Crippen LogP contribution in [0.5, 0.6) is 0 Å². The minimum Gasteiger partial charge on any atom is -0.252 e. The van der Waals surface area contributed by atoms with E-state index in [1.54, 1.807) is 0 Å². The maximum atomic E-state index is 13.2. The van der Waals surface area contributed by atoms with Crippen molar-refractivity contribution in [3.05, 3.63) is 70.2 Å². The van der Waals surface area contributed by atoms with E-state index in [1.807, 2.05) is 30.3 Å². The van der Waals surface area contributed by atoms with E-state index in [0.717, 1.165) is 43.1 Å². The molecule has 3 heteroatoms. The molecule has 0 aliphatic carbocycles. The van der Waals surface area contributed by atoms with Gasteiger partial charge in [0.2, 0.25) is 0 Å². The molecule has 0 saturated heterocycles. The second kappa shape index (κ2) is 7.08. The summed E-state index contributed by atoms with van der Waals surface area (Å²) in [5.74, 6) is 0.609. The Kier molecular flexibility index (Phi) is 5.07. The molecule has 1 amide bonds. The molecule has 0 bridgehead atoms. The molecule has 2 aromatic carbocycles. The third-order valence-corrected chi connectivity index (χ3v) is 5.41. The number of fused-ring (bicyclic) bond motifs is 1. The highest BCUT2D eigenvalue weighted by Gasteiger charge is 2.45. The van der Waals surface area contributed by atoms with Crippen LogP contribution >= 0.6 is 11.6 Å². The quantitative estimate of drug-likeness (QED) is 0.641. The average Bonchev–Trinajstić information content (AvgIpc) is 2.86. The van der Waals surface area contributed by atoms with Crippen molar-refractivity contribution in [2.45, 2.75) is 39.2 Å². The van der Waals surface area contributed by atoms with Gasteiger partial charge >= 0.3 is 5.91 Å². The van der Waals surface area contributed by atoms with Crippen LogP contribution in [0.25, 0.3) is 0 Å². The molecule has 1 aliphatic rings. The highest BCUT2D eigenvalue weighted by atomic mass is 35.5. The van der Waals surface area contributed by atoms with Crippen molar-refractivity contribution < 1.29 is 9.28 Å². The van der Waals surface area contributed by atoms with E-state index < -0.39 is 0 Å². The van der Waals surface area contributed by atoms with Gasteiger partial charge in [-0.1, -0.05) is 62.2 Å². The van der Waals surface area contributed by atoms with E-state index in [2.05, 4.69) is 32.0 Å². The van der Waals surface area contributed by atoms with Crippen LogP contribution in [0.15, 0.2) is 48.5 Å². The molecule has 2 atom stereocenters. The summed E-state index contributed by atoms with van der Waals surface area (Å²) in [7, 11) is 0. The molecular formula is C21H25ClNO+. The first-order chi connectivity index (χ1) is 11.6. The largest absolute Gasteiger partial charge is 0.346 e. The second-order valence-electron chi connectivity index (χ2n) is 6.98. The molecule has 2 aromatic rings. The minimum absolute atomic E-state index is 0.292. The lowest BCUT2D eigenvalue weighted by Gasteiger charge is -2.34. The topological polar surface area (TPSA) is 17.1 Å². The molecule has 24 heavy (non-hydrogen) atoms. The van der Waals surface area contributed by atoms with E-state index in [4.69, 9.17) is 11.6 Å². The van der Waals surface area contributed by atoms with Gasteiger partial charge in [0.05, 0.1) is 18.7 Å². The Morgan fingerprint density at radius 1 is 1.12 bits per heavy atom. The lowest BCUT2D eigenvalue weighted by molar-refractivity contribution is -0.860. The molecule has 2 nitrogen and oxygen atoms in total. The predicted molar refractivity (Wildman–Crippen MR) is 99.2 cm³/mol. The molecule has 2 unspecified atom stereocenters. The predicted octanol–water partition coefficient (Wildman–Crippen LogP) is 5.41. The SMILES string of the molecule is CCCC[N+]1(CC(C)c2ccc(Cl)cc2)Cc2ccccc2C1=O. The number of unbranched alkanes of at least 4 members (excludes halogenated alkanes) is 1. The second-order valence-corrected chi connectivity index (χ2v) is 7.41. The molecule has 0 saturated carbocycles. The van der Waals surface area contributed by atoms with Crippen LogP contribution in [-0.4, -0.2) is 23.5 Å². The van der Waals surface area contributed by atoms with Crippen LogP contribution in [0.1, 0.15) is 54.1 Å². The van der Waals surface area contributed by atoms with Crippen molar-refractivity contribution in [3.8, 4) is 0 Å². The van der Waals surface area contributed by atoms with Crippen LogP contribution in [0.4, 0.5) is 0 Å². The number of rotatable bonds is 6. The third kappa shape index (κ3) is 3.26.